The lowest BCUT2D eigenvalue weighted by Gasteiger charge is -2.21. The van der Waals surface area contributed by atoms with Crippen molar-refractivity contribution >= 4 is 11.6 Å². The Morgan fingerprint density at radius 3 is 2.44 bits per heavy atom. The van der Waals surface area contributed by atoms with Crippen molar-refractivity contribution in [3.8, 4) is 11.5 Å². The highest BCUT2D eigenvalue weighted by Gasteiger charge is 2.19. The van der Waals surface area contributed by atoms with Crippen LogP contribution in [0.5, 0.6) is 11.5 Å². The van der Waals surface area contributed by atoms with Gasteiger partial charge in [-0.2, -0.15) is 5.10 Å². The van der Waals surface area contributed by atoms with Crippen LogP contribution in [0.2, 0.25) is 5.02 Å². The average molecular weight is 366 g/mol. The van der Waals surface area contributed by atoms with E-state index in [0.717, 1.165) is 11.3 Å². The number of hydrogen-bond acceptors (Lipinski definition) is 5. The first kappa shape index (κ1) is 19.3. The Kier molecular flexibility index (Phi) is 6.08. The van der Waals surface area contributed by atoms with Crippen LogP contribution in [-0.4, -0.2) is 22.4 Å². The molecule has 0 radical (unpaired) electrons. The van der Waals surface area contributed by atoms with Gasteiger partial charge in [-0.3, -0.25) is 4.79 Å². The molecule has 0 fully saturated rings. The van der Waals surface area contributed by atoms with Crippen LogP contribution in [0.15, 0.2) is 35.3 Å². The van der Waals surface area contributed by atoms with Gasteiger partial charge in [0.25, 0.3) is 5.56 Å². The Labute approximate surface area is 152 Å². The van der Waals surface area contributed by atoms with Crippen molar-refractivity contribution in [2.24, 2.45) is 5.73 Å². The van der Waals surface area contributed by atoms with Gasteiger partial charge in [0.05, 0.1) is 11.7 Å². The number of benzene rings is 1. The molecule has 7 heteroatoms. The molecule has 0 aliphatic heterocycles. The zero-order valence-electron chi connectivity index (χ0n) is 15.0. The number of hydrogen-bond donors (Lipinski definition) is 1. The van der Waals surface area contributed by atoms with Crippen molar-refractivity contribution in [1.82, 2.24) is 9.78 Å². The lowest BCUT2D eigenvalue weighted by Crippen LogP contribution is -2.36. The Bertz CT molecular complexity index is 765. The molecule has 0 saturated carbocycles. The lowest BCUT2D eigenvalue weighted by atomic mass is 10.1. The van der Waals surface area contributed by atoms with Gasteiger partial charge in [0.1, 0.15) is 19.0 Å². The summed E-state index contributed by atoms with van der Waals surface area (Å²) in [5.41, 5.74) is 5.76. The number of halogens is 1. The maximum atomic E-state index is 12.3. The largest absolute Gasteiger partial charge is 0.492 e. The Morgan fingerprint density at radius 1 is 1.24 bits per heavy atom. The minimum atomic E-state index is -0.448. The molecule has 2 rings (SSSR count). The van der Waals surface area contributed by atoms with Crippen LogP contribution < -0.4 is 20.8 Å². The molecule has 0 aliphatic rings. The van der Waals surface area contributed by atoms with Gasteiger partial charge in [-0.25, -0.2) is 4.68 Å². The van der Waals surface area contributed by atoms with E-state index in [-0.39, 0.29) is 29.0 Å². The molecule has 1 aromatic heterocycles. The van der Waals surface area contributed by atoms with Gasteiger partial charge in [-0.05, 0) is 45.4 Å². The summed E-state index contributed by atoms with van der Waals surface area (Å²) in [6.45, 7) is 8.26. The molecule has 1 unspecified atom stereocenters. The summed E-state index contributed by atoms with van der Waals surface area (Å²) in [6.07, 6.45) is 1.47. The summed E-state index contributed by atoms with van der Waals surface area (Å²) in [4.78, 5) is 12.3. The van der Waals surface area contributed by atoms with Crippen LogP contribution in [0.4, 0.5) is 0 Å². The third-order valence-corrected chi connectivity index (χ3v) is 3.70. The van der Waals surface area contributed by atoms with Gasteiger partial charge in [0.15, 0.2) is 10.8 Å². The molecular weight excluding hydrogens is 342 g/mol. The standard InChI is InChI=1S/C18H24ClN3O3/c1-12(20)10-24-14-7-5-13(6-8-14)11-25-15-9-21-22(18(2,3)4)17(23)16(15)19/h5-9,12H,10-11,20H2,1-4H3. The summed E-state index contributed by atoms with van der Waals surface area (Å²) in [5, 5.41) is 4.17. The second-order valence-corrected chi connectivity index (χ2v) is 7.31. The van der Waals surface area contributed by atoms with Crippen LogP contribution in [0.25, 0.3) is 0 Å². The third kappa shape index (κ3) is 5.21. The molecule has 2 aromatic rings. The van der Waals surface area contributed by atoms with Crippen molar-refractivity contribution in [3.05, 3.63) is 51.4 Å². The highest BCUT2D eigenvalue weighted by Crippen LogP contribution is 2.22. The SMILES string of the molecule is CC(N)COc1ccc(COc2cnn(C(C)(C)C)c(=O)c2Cl)cc1. The van der Waals surface area contributed by atoms with E-state index in [1.54, 1.807) is 0 Å². The fraction of sp³-hybridized carbons (Fsp3) is 0.444. The summed E-state index contributed by atoms with van der Waals surface area (Å²) in [6, 6.07) is 7.44. The molecule has 0 amide bonds. The van der Waals surface area contributed by atoms with Gasteiger partial charge < -0.3 is 15.2 Å². The van der Waals surface area contributed by atoms with Gasteiger partial charge in [0.2, 0.25) is 0 Å². The van der Waals surface area contributed by atoms with Crippen molar-refractivity contribution < 1.29 is 9.47 Å². The molecule has 0 spiro atoms. The Balaban J connectivity index is 2.04. The van der Waals surface area contributed by atoms with E-state index in [9.17, 15) is 4.79 Å². The zero-order chi connectivity index (χ0) is 18.6. The topological polar surface area (TPSA) is 79.4 Å². The van der Waals surface area contributed by atoms with Crippen LogP contribution >= 0.6 is 11.6 Å². The van der Waals surface area contributed by atoms with E-state index in [1.165, 1.54) is 10.9 Å². The van der Waals surface area contributed by atoms with E-state index >= 15 is 0 Å². The maximum absolute atomic E-state index is 12.3. The van der Waals surface area contributed by atoms with Gasteiger partial charge in [-0.15, -0.1) is 0 Å². The first-order valence-corrected chi connectivity index (χ1v) is 8.44. The maximum Gasteiger partial charge on any atom is 0.289 e. The summed E-state index contributed by atoms with van der Waals surface area (Å²) < 4.78 is 12.5. The van der Waals surface area contributed by atoms with E-state index in [1.807, 2.05) is 52.0 Å². The van der Waals surface area contributed by atoms with Gasteiger partial charge in [0, 0.05) is 6.04 Å². The number of nitrogens with two attached hydrogens (primary N) is 1. The number of aromatic nitrogens is 2. The van der Waals surface area contributed by atoms with Crippen LogP contribution in [0.1, 0.15) is 33.3 Å². The summed E-state index contributed by atoms with van der Waals surface area (Å²) >= 11 is 6.14. The minimum absolute atomic E-state index is 0.0205. The van der Waals surface area contributed by atoms with E-state index in [0.29, 0.717) is 6.61 Å². The minimum Gasteiger partial charge on any atom is -0.492 e. The average Bonchev–Trinajstić information content (AvgIpc) is 2.54. The fourth-order valence-electron chi connectivity index (χ4n) is 2.07. The number of ether oxygens (including phenoxy) is 2. The van der Waals surface area contributed by atoms with Gasteiger partial charge in [-0.1, -0.05) is 23.7 Å². The third-order valence-electron chi connectivity index (χ3n) is 3.35. The molecule has 0 aliphatic carbocycles. The van der Waals surface area contributed by atoms with E-state index < -0.39 is 5.54 Å². The van der Waals surface area contributed by atoms with Crippen molar-refractivity contribution in [2.45, 2.75) is 45.9 Å². The Morgan fingerprint density at radius 2 is 1.88 bits per heavy atom. The fourth-order valence-corrected chi connectivity index (χ4v) is 2.25. The molecule has 0 bridgehead atoms. The smallest absolute Gasteiger partial charge is 0.289 e. The highest BCUT2D eigenvalue weighted by molar-refractivity contribution is 6.31. The zero-order valence-corrected chi connectivity index (χ0v) is 15.7. The van der Waals surface area contributed by atoms with Gasteiger partial charge >= 0.3 is 0 Å². The monoisotopic (exact) mass is 365 g/mol. The van der Waals surface area contributed by atoms with E-state index in [4.69, 9.17) is 26.8 Å². The molecule has 6 nitrogen and oxygen atoms in total. The summed E-state index contributed by atoms with van der Waals surface area (Å²) in [7, 11) is 0. The molecular formula is C18H24ClN3O3. The second-order valence-electron chi connectivity index (χ2n) is 6.93. The van der Waals surface area contributed by atoms with Crippen LogP contribution in [-0.2, 0) is 12.1 Å². The van der Waals surface area contributed by atoms with Crippen LogP contribution in [0, 0.1) is 0 Å². The molecule has 1 atom stereocenters. The lowest BCUT2D eigenvalue weighted by molar-refractivity contribution is 0.289. The predicted molar refractivity (Wildman–Crippen MR) is 98.4 cm³/mol. The first-order valence-electron chi connectivity index (χ1n) is 8.07. The Hall–Kier alpha value is -2.05. The first-order chi connectivity index (χ1) is 11.7. The molecule has 25 heavy (non-hydrogen) atoms. The summed E-state index contributed by atoms with van der Waals surface area (Å²) in [5.74, 6) is 1.01. The highest BCUT2D eigenvalue weighted by atomic mass is 35.5. The normalized spacial score (nSPS) is 12.7. The van der Waals surface area contributed by atoms with Crippen LogP contribution in [0.3, 0.4) is 0 Å². The number of nitrogens with zero attached hydrogens (tertiary/aromatic N) is 2. The van der Waals surface area contributed by atoms with E-state index in [2.05, 4.69) is 5.10 Å². The van der Waals surface area contributed by atoms with Crippen molar-refractivity contribution in [2.75, 3.05) is 6.61 Å². The molecule has 2 N–H and O–H groups in total. The van der Waals surface area contributed by atoms with Crippen molar-refractivity contribution in [1.29, 1.82) is 0 Å². The van der Waals surface area contributed by atoms with Crippen molar-refractivity contribution in [3.63, 3.8) is 0 Å². The second kappa shape index (κ2) is 7.89. The quantitative estimate of drug-likeness (QED) is 0.851. The molecule has 0 saturated heterocycles. The molecule has 1 aromatic carbocycles. The molecule has 136 valence electrons. The molecule has 1 heterocycles. The predicted octanol–water partition coefficient (Wildman–Crippen LogP) is 2.96. The number of rotatable bonds is 6.